The van der Waals surface area contributed by atoms with E-state index in [9.17, 15) is 14.0 Å². The van der Waals surface area contributed by atoms with E-state index < -0.39 is 11.1 Å². The average Bonchev–Trinajstić information content (AvgIpc) is 2.55. The van der Waals surface area contributed by atoms with Crippen LogP contribution in [0.3, 0.4) is 0 Å². The maximum Gasteiger partial charge on any atom is 0.238 e. The van der Waals surface area contributed by atoms with Gasteiger partial charge in [0.1, 0.15) is 0 Å². The molecule has 3 rings (SSSR count). The molecule has 24 heavy (non-hydrogen) atoms. The van der Waals surface area contributed by atoms with Crippen LogP contribution in [0, 0.1) is 5.82 Å². The van der Waals surface area contributed by atoms with Gasteiger partial charge in [-0.1, -0.05) is 12.1 Å². The van der Waals surface area contributed by atoms with E-state index in [0.717, 1.165) is 10.6 Å². The fourth-order valence-electron chi connectivity index (χ4n) is 2.35. The van der Waals surface area contributed by atoms with Gasteiger partial charge in [0.05, 0.1) is 18.0 Å². The average molecular weight is 346 g/mol. The van der Waals surface area contributed by atoms with Gasteiger partial charge in [-0.2, -0.15) is 0 Å². The van der Waals surface area contributed by atoms with E-state index in [-0.39, 0.29) is 24.0 Å². The number of anilines is 2. The molecule has 0 spiro atoms. The molecule has 5 nitrogen and oxygen atoms in total. The van der Waals surface area contributed by atoms with Crippen molar-refractivity contribution < 1.29 is 18.7 Å². The Morgan fingerprint density at radius 3 is 2.88 bits per heavy atom. The minimum Gasteiger partial charge on any atom is -0.494 e. The molecule has 0 aliphatic carbocycles. The summed E-state index contributed by atoms with van der Waals surface area (Å²) in [5, 5.41) is 4.86. The van der Waals surface area contributed by atoms with Gasteiger partial charge < -0.3 is 15.4 Å². The van der Waals surface area contributed by atoms with Crippen molar-refractivity contribution in [1.29, 1.82) is 0 Å². The first-order chi connectivity index (χ1) is 11.6. The third-order valence-electron chi connectivity index (χ3n) is 3.51. The van der Waals surface area contributed by atoms with E-state index >= 15 is 0 Å². The zero-order valence-corrected chi connectivity index (χ0v) is 13.7. The van der Waals surface area contributed by atoms with Gasteiger partial charge in [0.2, 0.25) is 11.8 Å². The van der Waals surface area contributed by atoms with Crippen LogP contribution in [0.1, 0.15) is 6.42 Å². The van der Waals surface area contributed by atoms with Crippen molar-refractivity contribution in [3.05, 3.63) is 48.3 Å². The molecule has 2 aromatic rings. The van der Waals surface area contributed by atoms with Crippen molar-refractivity contribution in [3.8, 4) is 5.75 Å². The van der Waals surface area contributed by atoms with Crippen molar-refractivity contribution in [2.75, 3.05) is 17.7 Å². The number of para-hydroxylation sites is 1. The maximum absolute atomic E-state index is 13.6. The van der Waals surface area contributed by atoms with Crippen LogP contribution in [-0.2, 0) is 9.59 Å². The fourth-order valence-corrected chi connectivity index (χ4v) is 3.46. The molecule has 124 valence electrons. The number of nitrogens with one attached hydrogen (secondary N) is 2. The SMILES string of the molecule is COc1ccc(NC(=O)CC2Sc3ccccc3NC2=O)cc1F. The first kappa shape index (κ1) is 16.3. The molecule has 0 saturated heterocycles. The molecule has 1 atom stereocenters. The number of benzene rings is 2. The standard InChI is InChI=1S/C17H15FN2O3S/c1-23-13-7-6-10(8-11(13)18)19-16(21)9-15-17(22)20-12-4-2-3-5-14(12)24-15/h2-8,15H,9H2,1H3,(H,19,21)(H,20,22). The van der Waals surface area contributed by atoms with Crippen LogP contribution in [0.2, 0.25) is 0 Å². The van der Waals surface area contributed by atoms with Gasteiger partial charge in [0, 0.05) is 23.1 Å². The lowest BCUT2D eigenvalue weighted by atomic mass is 10.2. The third-order valence-corrected chi connectivity index (χ3v) is 4.79. The number of amides is 2. The lowest BCUT2D eigenvalue weighted by molar-refractivity contribution is -0.120. The van der Waals surface area contributed by atoms with E-state index in [2.05, 4.69) is 10.6 Å². The summed E-state index contributed by atoms with van der Waals surface area (Å²) in [4.78, 5) is 25.2. The summed E-state index contributed by atoms with van der Waals surface area (Å²) in [6.07, 6.45) is -0.00151. The van der Waals surface area contributed by atoms with Gasteiger partial charge in [0.15, 0.2) is 11.6 Å². The van der Waals surface area contributed by atoms with Crippen LogP contribution in [0.5, 0.6) is 5.75 Å². The molecule has 0 saturated carbocycles. The van der Waals surface area contributed by atoms with Crippen molar-refractivity contribution >= 4 is 35.0 Å². The second-order valence-corrected chi connectivity index (χ2v) is 6.44. The molecule has 2 aromatic carbocycles. The highest BCUT2D eigenvalue weighted by atomic mass is 32.2. The summed E-state index contributed by atoms with van der Waals surface area (Å²) in [5.74, 6) is -1.03. The molecule has 0 fully saturated rings. The number of rotatable bonds is 4. The minimum absolute atomic E-state index is 0.00151. The predicted molar refractivity (Wildman–Crippen MR) is 90.9 cm³/mol. The van der Waals surface area contributed by atoms with E-state index in [4.69, 9.17) is 4.74 Å². The second-order valence-electron chi connectivity index (χ2n) is 5.19. The highest BCUT2D eigenvalue weighted by Gasteiger charge is 2.28. The molecule has 0 aromatic heterocycles. The summed E-state index contributed by atoms with van der Waals surface area (Å²) in [6, 6.07) is 11.6. The highest BCUT2D eigenvalue weighted by molar-refractivity contribution is 8.01. The number of hydrogen-bond donors (Lipinski definition) is 2. The summed E-state index contributed by atoms with van der Waals surface area (Å²) in [6.45, 7) is 0. The molecule has 1 aliphatic rings. The quantitative estimate of drug-likeness (QED) is 0.892. The summed E-state index contributed by atoms with van der Waals surface area (Å²) in [5.41, 5.74) is 1.07. The van der Waals surface area contributed by atoms with Crippen LogP contribution in [-0.4, -0.2) is 24.2 Å². The van der Waals surface area contributed by atoms with Gasteiger partial charge in [-0.25, -0.2) is 4.39 Å². The van der Waals surface area contributed by atoms with Gasteiger partial charge in [-0.15, -0.1) is 11.8 Å². The van der Waals surface area contributed by atoms with E-state index in [1.165, 1.54) is 31.0 Å². The lowest BCUT2D eigenvalue weighted by Gasteiger charge is -2.23. The maximum atomic E-state index is 13.6. The first-order valence-corrected chi connectivity index (χ1v) is 8.14. The van der Waals surface area contributed by atoms with E-state index in [0.29, 0.717) is 5.69 Å². The van der Waals surface area contributed by atoms with Gasteiger partial charge in [0.25, 0.3) is 0 Å². The molecular weight excluding hydrogens is 331 g/mol. The number of carbonyl (C=O) groups is 2. The van der Waals surface area contributed by atoms with Crippen molar-refractivity contribution in [1.82, 2.24) is 0 Å². The molecule has 2 amide bonds. The second kappa shape index (κ2) is 6.92. The molecule has 7 heteroatoms. The molecule has 1 heterocycles. The van der Waals surface area contributed by atoms with Gasteiger partial charge in [-0.3, -0.25) is 9.59 Å². The topological polar surface area (TPSA) is 67.4 Å². The molecular formula is C17H15FN2O3S. The molecule has 1 aliphatic heterocycles. The Kier molecular flexibility index (Phi) is 4.71. The highest BCUT2D eigenvalue weighted by Crippen LogP contribution is 2.36. The van der Waals surface area contributed by atoms with Crippen LogP contribution < -0.4 is 15.4 Å². The Morgan fingerprint density at radius 2 is 2.12 bits per heavy atom. The Hall–Kier alpha value is -2.54. The Labute approximate surface area is 142 Å². The van der Waals surface area contributed by atoms with E-state index in [1.54, 1.807) is 6.07 Å². The smallest absolute Gasteiger partial charge is 0.238 e. The molecule has 1 unspecified atom stereocenters. The molecule has 0 bridgehead atoms. The summed E-state index contributed by atoms with van der Waals surface area (Å²) < 4.78 is 18.5. The number of fused-ring (bicyclic) bond motifs is 1. The molecule has 2 N–H and O–H groups in total. The normalized spacial score (nSPS) is 16.1. The van der Waals surface area contributed by atoms with Crippen molar-refractivity contribution in [3.63, 3.8) is 0 Å². The predicted octanol–water partition coefficient (Wildman–Crippen LogP) is 3.28. The van der Waals surface area contributed by atoms with E-state index in [1.807, 2.05) is 24.3 Å². The van der Waals surface area contributed by atoms with Crippen LogP contribution in [0.15, 0.2) is 47.4 Å². The Bertz CT molecular complexity index is 797. The summed E-state index contributed by atoms with van der Waals surface area (Å²) in [7, 11) is 1.37. The number of carbonyl (C=O) groups excluding carboxylic acids is 2. The largest absolute Gasteiger partial charge is 0.494 e. The number of halogens is 1. The first-order valence-electron chi connectivity index (χ1n) is 7.27. The van der Waals surface area contributed by atoms with Crippen LogP contribution in [0.25, 0.3) is 0 Å². The number of hydrogen-bond acceptors (Lipinski definition) is 4. The van der Waals surface area contributed by atoms with Crippen LogP contribution >= 0.6 is 11.8 Å². The van der Waals surface area contributed by atoms with Crippen molar-refractivity contribution in [2.24, 2.45) is 0 Å². The van der Waals surface area contributed by atoms with Crippen molar-refractivity contribution in [2.45, 2.75) is 16.6 Å². The monoisotopic (exact) mass is 346 g/mol. The molecule has 0 radical (unpaired) electrons. The van der Waals surface area contributed by atoms with Gasteiger partial charge >= 0.3 is 0 Å². The summed E-state index contributed by atoms with van der Waals surface area (Å²) >= 11 is 1.35. The Balaban J connectivity index is 1.65. The number of thioether (sulfide) groups is 1. The Morgan fingerprint density at radius 1 is 1.33 bits per heavy atom. The zero-order valence-electron chi connectivity index (χ0n) is 12.8. The number of methoxy groups -OCH3 is 1. The lowest BCUT2D eigenvalue weighted by Crippen LogP contribution is -2.32. The van der Waals surface area contributed by atoms with Crippen LogP contribution in [0.4, 0.5) is 15.8 Å². The number of ether oxygens (including phenoxy) is 1. The minimum atomic E-state index is -0.561. The fraction of sp³-hybridized carbons (Fsp3) is 0.176. The van der Waals surface area contributed by atoms with Gasteiger partial charge in [-0.05, 0) is 24.3 Å². The third kappa shape index (κ3) is 3.51. The zero-order chi connectivity index (χ0) is 17.1.